The second-order valence-corrected chi connectivity index (χ2v) is 13.9. The van der Waals surface area contributed by atoms with Crippen molar-refractivity contribution in [1.82, 2.24) is 14.8 Å². The quantitative estimate of drug-likeness (QED) is 0.340. The van der Waals surface area contributed by atoms with E-state index in [0.717, 1.165) is 6.04 Å². The smallest absolute Gasteiger partial charge is 0.175 e. The van der Waals surface area contributed by atoms with Crippen LogP contribution in [-0.2, 0) is 11.5 Å². The lowest BCUT2D eigenvalue weighted by Gasteiger charge is -2.16. The number of hydrogen-bond donors (Lipinski definition) is 3. The van der Waals surface area contributed by atoms with E-state index in [9.17, 15) is 10.2 Å². The predicted octanol–water partition coefficient (Wildman–Crippen LogP) is 3.24. The summed E-state index contributed by atoms with van der Waals surface area (Å²) in [6.07, 6.45) is -1.07. The number of pyridine rings is 1. The van der Waals surface area contributed by atoms with Crippen LogP contribution in [0.2, 0.25) is 30.8 Å². The highest BCUT2D eigenvalue weighted by molar-refractivity contribution is 6.76. The zero-order valence-corrected chi connectivity index (χ0v) is 17.8. The molecule has 0 aliphatic heterocycles. The average Bonchev–Trinajstić information content (AvgIpc) is 2.86. The van der Waals surface area contributed by atoms with Crippen LogP contribution in [-0.4, -0.2) is 52.3 Å². The largest absolute Gasteiger partial charge is 0.393 e. The molecule has 0 fully saturated rings. The predicted molar refractivity (Wildman–Crippen MR) is 107 cm³/mol. The summed E-state index contributed by atoms with van der Waals surface area (Å²) in [4.78, 5) is 4.37. The van der Waals surface area contributed by atoms with E-state index in [-0.39, 0.29) is 17.9 Å². The minimum Gasteiger partial charge on any atom is -0.393 e. The first-order chi connectivity index (χ1) is 12.1. The third-order valence-electron chi connectivity index (χ3n) is 3.86. The number of hydrogen-bond acceptors (Lipinski definition) is 6. The number of nitrogens with zero attached hydrogens (tertiary/aromatic N) is 3. The average molecular weight is 401 g/mol. The standard InChI is InChI=1S/C17H29ClN4O3Si/c1-11(2)19-17-15-16(12(13(24)9-23)8-14(18)20-15)22(21-17)10-25-6-7-26(3,4)5/h8,11,13,23-24H,6-7,9-10H2,1-5H3,(H,19,21). The second kappa shape index (κ2) is 8.66. The molecule has 0 aliphatic carbocycles. The van der Waals surface area contributed by atoms with Gasteiger partial charge < -0.3 is 20.3 Å². The molecule has 26 heavy (non-hydrogen) atoms. The Kier molecular flexibility index (Phi) is 7.03. The number of aliphatic hydroxyl groups is 2. The van der Waals surface area contributed by atoms with E-state index in [0.29, 0.717) is 29.0 Å². The number of anilines is 1. The van der Waals surface area contributed by atoms with Crippen molar-refractivity contribution < 1.29 is 14.9 Å². The molecule has 0 spiro atoms. The molecule has 2 rings (SSSR count). The molecule has 2 aromatic heterocycles. The molecule has 0 radical (unpaired) electrons. The van der Waals surface area contributed by atoms with Crippen LogP contribution >= 0.6 is 11.6 Å². The molecule has 0 saturated carbocycles. The molecule has 7 nitrogen and oxygen atoms in total. The zero-order chi connectivity index (χ0) is 19.5. The van der Waals surface area contributed by atoms with Crippen molar-refractivity contribution in [2.75, 3.05) is 18.5 Å². The van der Waals surface area contributed by atoms with Crippen LogP contribution in [0.5, 0.6) is 0 Å². The topological polar surface area (TPSA) is 92.4 Å². The Balaban J connectivity index is 2.40. The summed E-state index contributed by atoms with van der Waals surface area (Å²) in [5.74, 6) is 0.581. The van der Waals surface area contributed by atoms with E-state index in [2.05, 4.69) is 35.0 Å². The van der Waals surface area contributed by atoms with Gasteiger partial charge >= 0.3 is 0 Å². The van der Waals surface area contributed by atoms with Gasteiger partial charge in [-0.15, -0.1) is 0 Å². The van der Waals surface area contributed by atoms with Crippen molar-refractivity contribution >= 4 is 36.5 Å². The molecule has 2 heterocycles. The van der Waals surface area contributed by atoms with Gasteiger partial charge in [0.05, 0.1) is 12.1 Å². The maximum absolute atomic E-state index is 10.2. The first kappa shape index (κ1) is 21.1. The molecule has 0 bridgehead atoms. The zero-order valence-electron chi connectivity index (χ0n) is 16.1. The van der Waals surface area contributed by atoms with Crippen molar-refractivity contribution in [3.05, 3.63) is 16.8 Å². The van der Waals surface area contributed by atoms with Crippen molar-refractivity contribution in [1.29, 1.82) is 0 Å². The third-order valence-corrected chi connectivity index (χ3v) is 5.76. The van der Waals surface area contributed by atoms with Crippen LogP contribution in [0.1, 0.15) is 25.5 Å². The minimum atomic E-state index is -1.18. The van der Waals surface area contributed by atoms with Gasteiger partial charge in [0.25, 0.3) is 0 Å². The Hall–Kier alpha value is -1.19. The van der Waals surface area contributed by atoms with Gasteiger partial charge in [-0.3, -0.25) is 0 Å². The molecule has 0 aliphatic rings. The van der Waals surface area contributed by atoms with Crippen molar-refractivity contribution in [3.63, 3.8) is 0 Å². The molecule has 0 amide bonds. The summed E-state index contributed by atoms with van der Waals surface area (Å²) < 4.78 is 7.49. The molecular formula is C17H29ClN4O3Si. The maximum Gasteiger partial charge on any atom is 0.175 e. The Bertz CT molecular complexity index is 746. The Morgan fingerprint density at radius 1 is 1.35 bits per heavy atom. The van der Waals surface area contributed by atoms with Crippen LogP contribution < -0.4 is 5.32 Å². The third kappa shape index (κ3) is 5.40. The molecule has 146 valence electrons. The van der Waals surface area contributed by atoms with Gasteiger partial charge in [0.1, 0.15) is 23.5 Å². The van der Waals surface area contributed by atoms with Crippen molar-refractivity contribution in [2.45, 2.75) is 58.4 Å². The molecule has 2 aromatic rings. The van der Waals surface area contributed by atoms with Gasteiger partial charge in [-0.05, 0) is 26.0 Å². The van der Waals surface area contributed by atoms with Crippen LogP contribution in [0, 0.1) is 0 Å². The summed E-state index contributed by atoms with van der Waals surface area (Å²) in [7, 11) is -1.18. The maximum atomic E-state index is 10.2. The highest BCUT2D eigenvalue weighted by Gasteiger charge is 2.21. The van der Waals surface area contributed by atoms with Gasteiger partial charge in [-0.25, -0.2) is 9.67 Å². The normalized spacial score (nSPS) is 13.6. The monoisotopic (exact) mass is 400 g/mol. The summed E-state index contributed by atoms with van der Waals surface area (Å²) >= 11 is 6.12. The number of ether oxygens (including phenoxy) is 1. The lowest BCUT2D eigenvalue weighted by Crippen LogP contribution is -2.22. The highest BCUT2D eigenvalue weighted by Crippen LogP contribution is 2.31. The number of aliphatic hydroxyl groups excluding tert-OH is 2. The molecule has 1 unspecified atom stereocenters. The molecule has 3 N–H and O–H groups in total. The Morgan fingerprint density at radius 3 is 2.62 bits per heavy atom. The van der Waals surface area contributed by atoms with Crippen molar-refractivity contribution in [3.8, 4) is 0 Å². The second-order valence-electron chi connectivity index (χ2n) is 7.92. The fraction of sp³-hybridized carbons (Fsp3) is 0.647. The van der Waals surface area contributed by atoms with Gasteiger partial charge in [0.15, 0.2) is 5.82 Å². The summed E-state index contributed by atoms with van der Waals surface area (Å²) in [6, 6.07) is 2.77. The molecule has 1 atom stereocenters. The van der Waals surface area contributed by atoms with E-state index in [1.54, 1.807) is 10.7 Å². The van der Waals surface area contributed by atoms with E-state index < -0.39 is 20.8 Å². The summed E-state index contributed by atoms with van der Waals surface area (Å²) in [5.41, 5.74) is 1.66. The van der Waals surface area contributed by atoms with Gasteiger partial charge in [0, 0.05) is 26.3 Å². The van der Waals surface area contributed by atoms with Gasteiger partial charge in [-0.1, -0.05) is 31.2 Å². The number of fused-ring (bicyclic) bond motifs is 1. The Morgan fingerprint density at radius 2 is 2.04 bits per heavy atom. The van der Waals surface area contributed by atoms with E-state index in [4.69, 9.17) is 16.3 Å². The van der Waals surface area contributed by atoms with Crippen LogP contribution in [0.25, 0.3) is 11.0 Å². The molecule has 0 aromatic carbocycles. The molecule has 0 saturated heterocycles. The summed E-state index contributed by atoms with van der Waals surface area (Å²) in [6.45, 7) is 11.4. The highest BCUT2D eigenvalue weighted by atomic mass is 35.5. The van der Waals surface area contributed by atoms with Gasteiger partial charge in [0.2, 0.25) is 0 Å². The fourth-order valence-corrected chi connectivity index (χ4v) is 3.48. The minimum absolute atomic E-state index is 0.154. The first-order valence-electron chi connectivity index (χ1n) is 8.82. The molecule has 9 heteroatoms. The van der Waals surface area contributed by atoms with Crippen LogP contribution in [0.15, 0.2) is 6.07 Å². The molecular weight excluding hydrogens is 372 g/mol. The lowest BCUT2D eigenvalue weighted by atomic mass is 10.1. The lowest BCUT2D eigenvalue weighted by molar-refractivity contribution is 0.0794. The summed E-state index contributed by atoms with van der Waals surface area (Å²) in [5, 5.41) is 27.7. The van der Waals surface area contributed by atoms with Crippen molar-refractivity contribution in [2.24, 2.45) is 0 Å². The van der Waals surface area contributed by atoms with Crippen LogP contribution in [0.4, 0.5) is 5.82 Å². The van der Waals surface area contributed by atoms with E-state index in [1.807, 2.05) is 13.8 Å². The van der Waals surface area contributed by atoms with Crippen LogP contribution in [0.3, 0.4) is 0 Å². The fourth-order valence-electron chi connectivity index (χ4n) is 2.53. The van der Waals surface area contributed by atoms with E-state index in [1.165, 1.54) is 0 Å². The number of halogens is 1. The number of aromatic nitrogens is 3. The number of nitrogens with one attached hydrogen (secondary N) is 1. The number of rotatable bonds is 9. The van der Waals surface area contributed by atoms with E-state index >= 15 is 0 Å². The first-order valence-corrected chi connectivity index (χ1v) is 12.9. The van der Waals surface area contributed by atoms with Gasteiger partial charge in [-0.2, -0.15) is 5.10 Å². The SMILES string of the molecule is CC(C)Nc1nn(COCC[Si](C)(C)C)c2c(C(O)CO)cc(Cl)nc12. The Labute approximate surface area is 160 Å².